The third-order valence-electron chi connectivity index (χ3n) is 6.22. The van der Waals surface area contributed by atoms with Crippen molar-refractivity contribution in [3.05, 3.63) is 54.2 Å². The summed E-state index contributed by atoms with van der Waals surface area (Å²) in [5.41, 5.74) is 2.09. The van der Waals surface area contributed by atoms with Crippen LogP contribution in [0.5, 0.6) is 5.88 Å². The van der Waals surface area contributed by atoms with Crippen LogP contribution in [0.3, 0.4) is 0 Å². The zero-order chi connectivity index (χ0) is 21.5. The first-order chi connectivity index (χ1) is 15.2. The van der Waals surface area contributed by atoms with Crippen molar-refractivity contribution >= 4 is 11.7 Å². The summed E-state index contributed by atoms with van der Waals surface area (Å²) < 4.78 is 5.15. The standard InChI is InChI=1S/C24H33N5O2/c1-31-23-10-9-20(16-25-23)17-28-11-5-6-21(19-28)18-27-12-14-29(15-13-27)24(30)26-22-7-3-2-4-8-22/h2-4,7-10,16,21H,5-6,11-15,17-19H2,1H3,(H,26,30)/t21-/m0/s1. The Morgan fingerprint density at radius 3 is 2.58 bits per heavy atom. The van der Waals surface area contributed by atoms with Gasteiger partial charge in [0.15, 0.2) is 0 Å². The van der Waals surface area contributed by atoms with Crippen LogP contribution in [0.1, 0.15) is 18.4 Å². The van der Waals surface area contributed by atoms with Gasteiger partial charge in [0.1, 0.15) is 0 Å². The number of methoxy groups -OCH3 is 1. The van der Waals surface area contributed by atoms with Gasteiger partial charge in [-0.3, -0.25) is 9.80 Å². The lowest BCUT2D eigenvalue weighted by Gasteiger charge is -2.39. The third kappa shape index (κ3) is 6.18. The molecule has 2 saturated heterocycles. The highest BCUT2D eigenvalue weighted by Crippen LogP contribution is 2.21. The number of carbonyl (C=O) groups excluding carboxylic acids is 1. The van der Waals surface area contributed by atoms with Gasteiger partial charge in [-0.1, -0.05) is 24.3 Å². The molecule has 3 heterocycles. The molecule has 0 spiro atoms. The van der Waals surface area contributed by atoms with E-state index in [9.17, 15) is 4.79 Å². The number of hydrogen-bond donors (Lipinski definition) is 1. The summed E-state index contributed by atoms with van der Waals surface area (Å²) in [6.45, 7) is 7.80. The average Bonchev–Trinajstić information content (AvgIpc) is 2.81. The molecule has 2 fully saturated rings. The largest absolute Gasteiger partial charge is 0.481 e. The number of para-hydroxylation sites is 1. The molecule has 166 valence electrons. The number of benzene rings is 1. The second kappa shape index (κ2) is 10.6. The van der Waals surface area contributed by atoms with Crippen LogP contribution in [-0.4, -0.2) is 78.6 Å². The van der Waals surface area contributed by atoms with Gasteiger partial charge in [-0.2, -0.15) is 0 Å². The number of nitrogens with zero attached hydrogens (tertiary/aromatic N) is 4. The number of rotatable bonds is 6. The molecule has 2 aromatic rings. The molecule has 1 atom stereocenters. The van der Waals surface area contributed by atoms with E-state index in [1.165, 1.54) is 18.4 Å². The molecule has 0 unspecified atom stereocenters. The van der Waals surface area contributed by atoms with Crippen molar-refractivity contribution in [2.75, 3.05) is 58.2 Å². The molecular formula is C24H33N5O2. The summed E-state index contributed by atoms with van der Waals surface area (Å²) in [4.78, 5) is 23.8. The lowest BCUT2D eigenvalue weighted by Crippen LogP contribution is -2.52. The molecule has 1 N–H and O–H groups in total. The molecule has 7 heteroatoms. The van der Waals surface area contributed by atoms with Crippen molar-refractivity contribution in [2.24, 2.45) is 5.92 Å². The first-order valence-corrected chi connectivity index (χ1v) is 11.2. The summed E-state index contributed by atoms with van der Waals surface area (Å²) in [5.74, 6) is 1.35. The molecule has 0 aliphatic carbocycles. The van der Waals surface area contributed by atoms with Crippen LogP contribution in [0.4, 0.5) is 10.5 Å². The van der Waals surface area contributed by atoms with Crippen LogP contribution in [0, 0.1) is 5.92 Å². The van der Waals surface area contributed by atoms with Gasteiger partial charge in [0.25, 0.3) is 0 Å². The molecule has 1 aromatic heterocycles. The van der Waals surface area contributed by atoms with Crippen LogP contribution < -0.4 is 10.1 Å². The van der Waals surface area contributed by atoms with Crippen molar-refractivity contribution < 1.29 is 9.53 Å². The first-order valence-electron chi connectivity index (χ1n) is 11.2. The van der Waals surface area contributed by atoms with E-state index in [-0.39, 0.29) is 6.03 Å². The Hall–Kier alpha value is -2.64. The van der Waals surface area contributed by atoms with E-state index in [1.54, 1.807) is 7.11 Å². The van der Waals surface area contributed by atoms with E-state index in [2.05, 4.69) is 26.2 Å². The van der Waals surface area contributed by atoms with Crippen molar-refractivity contribution in [3.8, 4) is 5.88 Å². The van der Waals surface area contributed by atoms with Crippen LogP contribution in [0.15, 0.2) is 48.7 Å². The number of pyridine rings is 1. The van der Waals surface area contributed by atoms with E-state index in [0.717, 1.165) is 58.0 Å². The van der Waals surface area contributed by atoms with E-state index in [0.29, 0.717) is 11.8 Å². The lowest BCUT2D eigenvalue weighted by molar-refractivity contribution is 0.0984. The molecule has 2 amide bonds. The van der Waals surface area contributed by atoms with Crippen molar-refractivity contribution in [3.63, 3.8) is 0 Å². The fourth-order valence-corrected chi connectivity index (χ4v) is 4.55. The van der Waals surface area contributed by atoms with Crippen molar-refractivity contribution in [2.45, 2.75) is 19.4 Å². The van der Waals surface area contributed by atoms with Gasteiger partial charge >= 0.3 is 6.03 Å². The molecular weight excluding hydrogens is 390 g/mol. The number of amides is 2. The van der Waals surface area contributed by atoms with E-state index in [4.69, 9.17) is 4.74 Å². The van der Waals surface area contributed by atoms with E-state index >= 15 is 0 Å². The fraction of sp³-hybridized carbons (Fsp3) is 0.500. The number of likely N-dealkylation sites (tertiary alicyclic amines) is 1. The monoisotopic (exact) mass is 423 g/mol. The highest BCUT2D eigenvalue weighted by Gasteiger charge is 2.26. The number of ether oxygens (including phenoxy) is 1. The Kier molecular flexibility index (Phi) is 7.38. The Bertz CT molecular complexity index is 822. The topological polar surface area (TPSA) is 60.9 Å². The molecule has 31 heavy (non-hydrogen) atoms. The smallest absolute Gasteiger partial charge is 0.321 e. The highest BCUT2D eigenvalue weighted by molar-refractivity contribution is 5.89. The predicted molar refractivity (Wildman–Crippen MR) is 122 cm³/mol. The minimum absolute atomic E-state index is 0.00259. The number of carbonyl (C=O) groups is 1. The third-order valence-corrected chi connectivity index (χ3v) is 6.22. The van der Waals surface area contributed by atoms with Crippen molar-refractivity contribution in [1.29, 1.82) is 0 Å². The number of anilines is 1. The van der Waals surface area contributed by atoms with Crippen molar-refractivity contribution in [1.82, 2.24) is 19.7 Å². The summed E-state index contributed by atoms with van der Waals surface area (Å²) in [6, 6.07) is 13.7. The van der Waals surface area contributed by atoms with Gasteiger partial charge in [-0.25, -0.2) is 9.78 Å². The zero-order valence-corrected chi connectivity index (χ0v) is 18.4. The summed E-state index contributed by atoms with van der Waals surface area (Å²) >= 11 is 0. The molecule has 0 radical (unpaired) electrons. The van der Waals surface area contributed by atoms with Crippen LogP contribution in [-0.2, 0) is 6.54 Å². The van der Waals surface area contributed by atoms with Gasteiger partial charge in [-0.05, 0) is 43.0 Å². The quantitative estimate of drug-likeness (QED) is 0.773. The number of aromatic nitrogens is 1. The molecule has 2 aliphatic heterocycles. The molecule has 7 nitrogen and oxygen atoms in total. The maximum Gasteiger partial charge on any atom is 0.321 e. The van der Waals surface area contributed by atoms with Crippen LogP contribution in [0.25, 0.3) is 0 Å². The number of hydrogen-bond acceptors (Lipinski definition) is 5. The normalized spacial score (nSPS) is 20.4. The predicted octanol–water partition coefficient (Wildman–Crippen LogP) is 3.15. The number of piperidine rings is 1. The number of piperazine rings is 1. The van der Waals surface area contributed by atoms with E-state index in [1.807, 2.05) is 47.5 Å². The van der Waals surface area contributed by atoms with Gasteiger partial charge < -0.3 is 15.0 Å². The molecule has 2 aliphatic rings. The summed E-state index contributed by atoms with van der Waals surface area (Å²) in [5, 5.41) is 2.99. The molecule has 0 saturated carbocycles. The van der Waals surface area contributed by atoms with Gasteiger partial charge in [-0.15, -0.1) is 0 Å². The molecule has 0 bridgehead atoms. The first kappa shape index (κ1) is 21.6. The SMILES string of the molecule is COc1ccc(CN2CCC[C@@H](CN3CCN(C(=O)Nc4ccccc4)CC3)C2)cn1. The molecule has 4 rings (SSSR count). The average molecular weight is 424 g/mol. The second-order valence-corrected chi connectivity index (χ2v) is 8.54. The van der Waals surface area contributed by atoms with Gasteiger partial charge in [0.2, 0.25) is 5.88 Å². The Morgan fingerprint density at radius 1 is 1.06 bits per heavy atom. The fourth-order valence-electron chi connectivity index (χ4n) is 4.55. The van der Waals surface area contributed by atoms with Crippen LogP contribution >= 0.6 is 0 Å². The maximum absolute atomic E-state index is 12.5. The molecule has 1 aromatic carbocycles. The Balaban J connectivity index is 1.20. The number of nitrogens with one attached hydrogen (secondary N) is 1. The number of urea groups is 1. The summed E-state index contributed by atoms with van der Waals surface area (Å²) in [7, 11) is 1.65. The summed E-state index contributed by atoms with van der Waals surface area (Å²) in [6.07, 6.45) is 4.45. The minimum atomic E-state index is 0.00259. The van der Waals surface area contributed by atoms with E-state index < -0.39 is 0 Å². The second-order valence-electron chi connectivity index (χ2n) is 8.54. The highest BCUT2D eigenvalue weighted by atomic mass is 16.5. The lowest BCUT2D eigenvalue weighted by atomic mass is 9.96. The van der Waals surface area contributed by atoms with Gasteiger partial charge in [0, 0.05) is 63.8 Å². The minimum Gasteiger partial charge on any atom is -0.481 e. The van der Waals surface area contributed by atoms with Gasteiger partial charge in [0.05, 0.1) is 7.11 Å². The maximum atomic E-state index is 12.5. The Labute approximate surface area is 185 Å². The Morgan fingerprint density at radius 2 is 1.87 bits per heavy atom. The zero-order valence-electron chi connectivity index (χ0n) is 18.4. The van der Waals surface area contributed by atoms with Crippen LogP contribution in [0.2, 0.25) is 0 Å².